The highest BCUT2D eigenvalue weighted by atomic mass is 31.1. The lowest BCUT2D eigenvalue weighted by Crippen LogP contribution is -2.26. The van der Waals surface area contributed by atoms with Crippen molar-refractivity contribution < 1.29 is 0 Å². The summed E-state index contributed by atoms with van der Waals surface area (Å²) in [5, 5.41) is 22.7. The Hall–Kier alpha value is -8.59. The molecule has 0 aliphatic heterocycles. The van der Waals surface area contributed by atoms with Crippen molar-refractivity contribution in [3.63, 3.8) is 0 Å². The Bertz CT molecular complexity index is 4130. The summed E-state index contributed by atoms with van der Waals surface area (Å²) in [7, 11) is -2.44. The second-order valence-electron chi connectivity index (χ2n) is 20.0. The van der Waals surface area contributed by atoms with Gasteiger partial charge in [0.15, 0.2) is 0 Å². The van der Waals surface area contributed by atoms with E-state index in [0.29, 0.717) is 0 Å². The van der Waals surface area contributed by atoms with Crippen molar-refractivity contribution in [1.29, 1.82) is 0 Å². The lowest BCUT2D eigenvalue weighted by molar-refractivity contribution is 1.50. The topological polar surface area (TPSA) is 0 Å². The second kappa shape index (κ2) is 23.4. The predicted octanol–water partition coefficient (Wildman–Crippen LogP) is 16.9. The van der Waals surface area contributed by atoms with Crippen LogP contribution in [0.15, 0.2) is 328 Å². The first-order valence-corrected chi connectivity index (χ1v) is 31.5. The highest BCUT2D eigenvalue weighted by molar-refractivity contribution is 7.81. The molecule has 0 fully saturated rings. The SMILES string of the molecule is Cc1ccc2ccccc2c1-c1c(P(c2ccccc2)c2ccccc2)ccc2ccccc12.c1ccc(P(c2ccccc2)c2ccc3ccccc3c2-c2c(P(c3ccccc3)c3ccccc3)ccc3ccccc23)cc1. The maximum absolute atomic E-state index is 2.42. The van der Waals surface area contributed by atoms with E-state index in [9.17, 15) is 0 Å². The zero-order valence-corrected chi connectivity index (χ0v) is 47.2. The van der Waals surface area contributed by atoms with Crippen LogP contribution in [0.4, 0.5) is 0 Å². The molecule has 0 aliphatic rings. The Morgan fingerprint density at radius 2 is 0.375 bits per heavy atom. The normalized spacial score (nSPS) is 11.4. The van der Waals surface area contributed by atoms with Gasteiger partial charge in [-0.2, -0.15) is 0 Å². The summed E-state index contributed by atoms with van der Waals surface area (Å²) in [5.74, 6) is 0. The van der Waals surface area contributed by atoms with Crippen molar-refractivity contribution >= 4 is 115 Å². The fourth-order valence-corrected chi connectivity index (χ4v) is 19.0. The number of benzene rings is 14. The highest BCUT2D eigenvalue weighted by Crippen LogP contribution is 2.47. The number of hydrogen-bond acceptors (Lipinski definition) is 0. The predicted molar refractivity (Wildman–Crippen MR) is 355 cm³/mol. The Balaban J connectivity index is 0.000000158. The Labute approximate surface area is 474 Å². The summed E-state index contributed by atoms with van der Waals surface area (Å²) in [4.78, 5) is 0. The lowest BCUT2D eigenvalue weighted by atomic mass is 9.90. The van der Waals surface area contributed by atoms with Gasteiger partial charge < -0.3 is 0 Å². The minimum atomic E-state index is -0.852. The van der Waals surface area contributed by atoms with Crippen molar-refractivity contribution in [3.05, 3.63) is 333 Å². The van der Waals surface area contributed by atoms with Gasteiger partial charge in [0.1, 0.15) is 0 Å². The van der Waals surface area contributed by atoms with Crippen LogP contribution in [0.2, 0.25) is 0 Å². The van der Waals surface area contributed by atoms with Gasteiger partial charge in [0.05, 0.1) is 0 Å². The molecule has 380 valence electrons. The third kappa shape index (κ3) is 10.1. The van der Waals surface area contributed by atoms with E-state index in [1.165, 1.54) is 119 Å². The van der Waals surface area contributed by atoms with E-state index in [0.717, 1.165) is 0 Å². The maximum atomic E-state index is 2.42. The molecule has 14 rings (SSSR count). The van der Waals surface area contributed by atoms with Gasteiger partial charge in [-0.25, -0.2) is 0 Å². The van der Waals surface area contributed by atoms with Crippen LogP contribution in [-0.2, 0) is 0 Å². The van der Waals surface area contributed by atoms with E-state index in [1.807, 2.05) is 0 Å². The number of aryl methyl sites for hydroxylation is 1. The largest absolute Gasteiger partial charge is 0.0622 e. The van der Waals surface area contributed by atoms with Gasteiger partial charge in [0.25, 0.3) is 0 Å². The molecule has 0 N–H and O–H groups in total. The van der Waals surface area contributed by atoms with Crippen molar-refractivity contribution in [2.45, 2.75) is 6.92 Å². The number of rotatable bonds is 11. The van der Waals surface area contributed by atoms with Crippen LogP contribution in [0.3, 0.4) is 0 Å². The zero-order chi connectivity index (χ0) is 53.6. The van der Waals surface area contributed by atoms with Gasteiger partial charge in [-0.1, -0.05) is 328 Å². The molecule has 0 unspecified atom stereocenters. The summed E-state index contributed by atoms with van der Waals surface area (Å²) >= 11 is 0. The average Bonchev–Trinajstić information content (AvgIpc) is 3.56. The zero-order valence-electron chi connectivity index (χ0n) is 44.5. The summed E-state index contributed by atoms with van der Waals surface area (Å²) < 4.78 is 0. The van der Waals surface area contributed by atoms with Crippen LogP contribution in [0, 0.1) is 6.92 Å². The molecule has 0 heterocycles. The van der Waals surface area contributed by atoms with Crippen LogP contribution in [0.25, 0.3) is 65.3 Å². The second-order valence-corrected chi connectivity index (χ2v) is 26.6. The molecule has 0 atom stereocenters. The van der Waals surface area contributed by atoms with Crippen molar-refractivity contribution in [1.82, 2.24) is 0 Å². The number of hydrogen-bond donors (Lipinski definition) is 0. The molecule has 0 bridgehead atoms. The molecule has 14 aromatic rings. The van der Waals surface area contributed by atoms with Gasteiger partial charge in [-0.05, 0) is 149 Å². The molecular formula is C77H57P3. The quantitative estimate of drug-likeness (QED) is 0.113. The van der Waals surface area contributed by atoms with Crippen molar-refractivity contribution in [2.24, 2.45) is 0 Å². The fourth-order valence-electron chi connectivity index (χ4n) is 11.6. The maximum Gasteiger partial charge on any atom is -0.000884 e. The van der Waals surface area contributed by atoms with Gasteiger partial charge >= 0.3 is 0 Å². The molecule has 0 saturated carbocycles. The van der Waals surface area contributed by atoms with Crippen LogP contribution < -0.4 is 47.7 Å². The molecule has 0 nitrogen and oxygen atoms in total. The minimum Gasteiger partial charge on any atom is -0.0622 e. The van der Waals surface area contributed by atoms with Crippen LogP contribution in [-0.4, -0.2) is 0 Å². The van der Waals surface area contributed by atoms with E-state index in [-0.39, 0.29) is 0 Å². The molecule has 0 aromatic heterocycles. The number of fused-ring (bicyclic) bond motifs is 4. The molecule has 0 amide bonds. The lowest BCUT2D eigenvalue weighted by Gasteiger charge is -2.28. The average molecular weight is 1080 g/mol. The molecule has 0 spiro atoms. The molecule has 0 radical (unpaired) electrons. The van der Waals surface area contributed by atoms with Gasteiger partial charge in [-0.15, -0.1) is 0 Å². The minimum absolute atomic E-state index is 0.731. The van der Waals surface area contributed by atoms with Crippen LogP contribution in [0.1, 0.15) is 5.56 Å². The molecular weight excluding hydrogens is 1020 g/mol. The van der Waals surface area contributed by atoms with Crippen LogP contribution >= 0.6 is 23.8 Å². The standard InChI is InChI=1S/C44H32P2.C33H25P/c1-5-19-35(20-6-1)45(36-21-7-2-8-22-36)41-31-29-33-17-13-15-27-39(33)43(41)44-40-28-16-14-18-34(40)30-32-42(44)46(37-23-9-3-10-24-37)38-25-11-4-12-26-38;1-24-20-21-25-12-8-10-18-29(25)32(24)33-30-19-11-9-13-26(30)22-23-31(33)34(27-14-4-2-5-15-27)28-16-6-3-7-17-28/h1-32H;2-23H,1H3. The van der Waals surface area contributed by atoms with E-state index in [4.69, 9.17) is 0 Å². The summed E-state index contributed by atoms with van der Waals surface area (Å²) in [6.07, 6.45) is 0. The Kier molecular flexibility index (Phi) is 14.9. The molecule has 80 heavy (non-hydrogen) atoms. The molecule has 3 heteroatoms. The van der Waals surface area contributed by atoms with E-state index < -0.39 is 23.8 Å². The Morgan fingerprint density at radius 1 is 0.175 bits per heavy atom. The van der Waals surface area contributed by atoms with Crippen LogP contribution in [0.5, 0.6) is 0 Å². The summed E-state index contributed by atoms with van der Waals surface area (Å²) in [6.45, 7) is 2.25. The summed E-state index contributed by atoms with van der Waals surface area (Å²) in [5.41, 5.74) is 6.73. The fraction of sp³-hybridized carbons (Fsp3) is 0.0130. The third-order valence-electron chi connectivity index (χ3n) is 15.2. The smallest absolute Gasteiger partial charge is 0.000884 e. The molecule has 0 saturated heterocycles. The molecule has 14 aromatic carbocycles. The first-order valence-electron chi connectivity index (χ1n) is 27.4. The van der Waals surface area contributed by atoms with Gasteiger partial charge in [0, 0.05) is 0 Å². The first-order chi connectivity index (χ1) is 39.7. The van der Waals surface area contributed by atoms with E-state index in [2.05, 4.69) is 335 Å². The van der Waals surface area contributed by atoms with E-state index >= 15 is 0 Å². The highest BCUT2D eigenvalue weighted by Gasteiger charge is 2.29. The Morgan fingerprint density at radius 3 is 0.637 bits per heavy atom. The third-order valence-corrected chi connectivity index (χ3v) is 22.6. The van der Waals surface area contributed by atoms with Crippen molar-refractivity contribution in [3.8, 4) is 22.3 Å². The summed E-state index contributed by atoms with van der Waals surface area (Å²) in [6, 6.07) is 121. The van der Waals surface area contributed by atoms with E-state index in [1.54, 1.807) is 0 Å². The molecule has 0 aliphatic carbocycles. The van der Waals surface area contributed by atoms with Gasteiger partial charge in [-0.3, -0.25) is 0 Å². The first kappa shape index (κ1) is 50.9. The van der Waals surface area contributed by atoms with Crippen molar-refractivity contribution in [2.75, 3.05) is 0 Å². The van der Waals surface area contributed by atoms with Gasteiger partial charge in [0.2, 0.25) is 0 Å². The monoisotopic (exact) mass is 1070 g/mol.